The van der Waals surface area contributed by atoms with E-state index >= 15 is 0 Å². The molecule has 88 valence electrons. The van der Waals surface area contributed by atoms with Crippen molar-refractivity contribution in [1.29, 1.82) is 0 Å². The Morgan fingerprint density at radius 1 is 1.59 bits per heavy atom. The fourth-order valence-electron chi connectivity index (χ4n) is 2.77. The van der Waals surface area contributed by atoms with Crippen LogP contribution in [-0.2, 0) is 0 Å². The molecule has 3 heterocycles. The summed E-state index contributed by atoms with van der Waals surface area (Å²) in [5.41, 5.74) is 1.18. The van der Waals surface area contributed by atoms with Crippen LogP contribution < -0.4 is 10.2 Å². The number of rotatable bonds is 1. The second-order valence-corrected chi connectivity index (χ2v) is 4.65. The van der Waals surface area contributed by atoms with Crippen molar-refractivity contribution in [1.82, 2.24) is 10.3 Å². The number of nitrogens with zero attached hydrogens (tertiary/aromatic N) is 2. The number of fused-ring (bicyclic) bond motifs is 2. The first kappa shape index (κ1) is 10.5. The molecule has 0 aliphatic carbocycles. The zero-order valence-electron chi connectivity index (χ0n) is 9.49. The lowest BCUT2D eigenvalue weighted by Gasteiger charge is -2.34. The summed E-state index contributed by atoms with van der Waals surface area (Å²) in [4.78, 5) is 6.02. The first-order chi connectivity index (χ1) is 8.28. The van der Waals surface area contributed by atoms with Gasteiger partial charge in [-0.25, -0.2) is 4.98 Å². The van der Waals surface area contributed by atoms with Crippen LogP contribution >= 0.6 is 0 Å². The van der Waals surface area contributed by atoms with Crippen LogP contribution in [0, 0.1) is 18.3 Å². The van der Waals surface area contributed by atoms with E-state index in [9.17, 15) is 4.39 Å². The zero-order chi connectivity index (χ0) is 11.8. The van der Waals surface area contributed by atoms with Crippen LogP contribution in [0.1, 0.15) is 18.4 Å². The minimum atomic E-state index is -0.560. The van der Waals surface area contributed by atoms with Crippen LogP contribution in [0.2, 0.25) is 0 Å². The maximum Gasteiger partial charge on any atom is 0.228 e. The molecule has 0 unspecified atom stereocenters. The van der Waals surface area contributed by atoms with E-state index in [1.54, 1.807) is 12.3 Å². The van der Waals surface area contributed by atoms with Gasteiger partial charge in [-0.1, -0.05) is 5.92 Å². The molecular weight excluding hydrogens is 217 g/mol. The van der Waals surface area contributed by atoms with Crippen molar-refractivity contribution in [3.8, 4) is 12.3 Å². The minimum Gasteiger partial charge on any atom is -0.366 e. The SMILES string of the molecule is C#Cc1cc(N2CC[C@@H]3C[C@H]2CN3)cnc1F. The lowest BCUT2D eigenvalue weighted by atomic mass is 10.0. The standard InChI is InChI=1S/C13H14FN3/c1-2-9-5-11(8-16-13(9)14)17-4-3-10-6-12(17)7-15-10/h1,5,8,10,12,15H,3-4,6-7H2/t10-,12+/m1/s1. The average Bonchev–Trinajstić information content (AvgIpc) is 2.73. The summed E-state index contributed by atoms with van der Waals surface area (Å²) in [6, 6.07) is 2.87. The molecule has 0 saturated carbocycles. The Hall–Kier alpha value is -1.60. The molecule has 2 fully saturated rings. The van der Waals surface area contributed by atoms with Crippen molar-refractivity contribution in [2.75, 3.05) is 18.0 Å². The van der Waals surface area contributed by atoms with Gasteiger partial charge >= 0.3 is 0 Å². The van der Waals surface area contributed by atoms with Gasteiger partial charge in [-0.05, 0) is 18.9 Å². The molecular formula is C13H14FN3. The van der Waals surface area contributed by atoms with Crippen LogP contribution in [0.25, 0.3) is 0 Å². The van der Waals surface area contributed by atoms with Crippen molar-refractivity contribution in [2.45, 2.75) is 24.9 Å². The van der Waals surface area contributed by atoms with Gasteiger partial charge in [-0.3, -0.25) is 0 Å². The van der Waals surface area contributed by atoms with Gasteiger partial charge in [0.15, 0.2) is 0 Å². The Morgan fingerprint density at radius 3 is 3.29 bits per heavy atom. The van der Waals surface area contributed by atoms with Gasteiger partial charge < -0.3 is 10.2 Å². The van der Waals surface area contributed by atoms with Gasteiger partial charge in [0.1, 0.15) is 0 Å². The number of nitrogens with one attached hydrogen (secondary N) is 1. The maximum atomic E-state index is 13.2. The zero-order valence-corrected chi connectivity index (χ0v) is 9.49. The van der Waals surface area contributed by atoms with Crippen LogP contribution in [-0.4, -0.2) is 30.2 Å². The van der Waals surface area contributed by atoms with E-state index in [-0.39, 0.29) is 5.56 Å². The smallest absolute Gasteiger partial charge is 0.228 e. The highest BCUT2D eigenvalue weighted by Gasteiger charge is 2.34. The van der Waals surface area contributed by atoms with Crippen molar-refractivity contribution >= 4 is 5.69 Å². The monoisotopic (exact) mass is 231 g/mol. The van der Waals surface area contributed by atoms with Gasteiger partial charge in [0.05, 0.1) is 17.4 Å². The molecule has 2 aliphatic heterocycles. The third-order valence-corrected chi connectivity index (χ3v) is 3.67. The third-order valence-electron chi connectivity index (χ3n) is 3.67. The van der Waals surface area contributed by atoms with Gasteiger partial charge in [0.25, 0.3) is 0 Å². The number of terminal acetylenes is 1. The van der Waals surface area contributed by atoms with Crippen LogP contribution in [0.15, 0.2) is 12.3 Å². The number of aromatic nitrogens is 1. The number of hydrogen-bond donors (Lipinski definition) is 1. The quantitative estimate of drug-likeness (QED) is 0.580. The summed E-state index contributed by atoms with van der Waals surface area (Å²) in [6.45, 7) is 1.98. The molecule has 1 N–H and O–H groups in total. The predicted octanol–water partition coefficient (Wildman–Crippen LogP) is 1.14. The van der Waals surface area contributed by atoms with E-state index in [2.05, 4.69) is 21.1 Å². The fourth-order valence-corrected chi connectivity index (χ4v) is 2.77. The number of piperidine rings is 1. The Kier molecular flexibility index (Phi) is 2.49. The summed E-state index contributed by atoms with van der Waals surface area (Å²) >= 11 is 0. The summed E-state index contributed by atoms with van der Waals surface area (Å²) < 4.78 is 13.2. The summed E-state index contributed by atoms with van der Waals surface area (Å²) in [5.74, 6) is 1.78. The number of hydrogen-bond acceptors (Lipinski definition) is 3. The number of halogens is 1. The topological polar surface area (TPSA) is 28.2 Å². The fraction of sp³-hybridized carbons (Fsp3) is 0.462. The molecule has 0 spiro atoms. The van der Waals surface area contributed by atoms with Crippen molar-refractivity contribution < 1.29 is 4.39 Å². The van der Waals surface area contributed by atoms with E-state index in [0.29, 0.717) is 12.1 Å². The second-order valence-electron chi connectivity index (χ2n) is 4.65. The Balaban J connectivity index is 1.91. The molecule has 2 aliphatic rings. The molecule has 3 rings (SSSR count). The molecule has 0 aromatic carbocycles. The predicted molar refractivity (Wildman–Crippen MR) is 64.3 cm³/mol. The second kappa shape index (κ2) is 4.01. The van der Waals surface area contributed by atoms with Crippen molar-refractivity contribution in [3.05, 3.63) is 23.8 Å². The molecule has 17 heavy (non-hydrogen) atoms. The number of anilines is 1. The summed E-state index contributed by atoms with van der Waals surface area (Å²) in [5, 5.41) is 3.48. The summed E-state index contributed by atoms with van der Waals surface area (Å²) in [6.07, 6.45) is 9.12. The largest absolute Gasteiger partial charge is 0.366 e. The molecule has 0 radical (unpaired) electrons. The first-order valence-electron chi connectivity index (χ1n) is 5.90. The molecule has 2 bridgehead atoms. The first-order valence-corrected chi connectivity index (χ1v) is 5.90. The molecule has 2 saturated heterocycles. The number of pyridine rings is 1. The molecule has 1 aromatic heterocycles. The Bertz CT molecular complexity index is 480. The molecule has 2 atom stereocenters. The Labute approximate surface area is 100 Å². The van der Waals surface area contributed by atoms with Crippen LogP contribution in [0.3, 0.4) is 0 Å². The molecule has 0 amide bonds. The highest BCUT2D eigenvalue weighted by molar-refractivity contribution is 5.51. The van der Waals surface area contributed by atoms with E-state index in [1.807, 2.05) is 0 Å². The summed E-state index contributed by atoms with van der Waals surface area (Å²) in [7, 11) is 0. The lowest BCUT2D eigenvalue weighted by Crippen LogP contribution is -2.40. The van der Waals surface area contributed by atoms with E-state index in [0.717, 1.165) is 31.6 Å². The lowest BCUT2D eigenvalue weighted by molar-refractivity contribution is 0.489. The van der Waals surface area contributed by atoms with Crippen LogP contribution in [0.5, 0.6) is 0 Å². The third kappa shape index (κ3) is 1.77. The highest BCUT2D eigenvalue weighted by atomic mass is 19.1. The van der Waals surface area contributed by atoms with Crippen LogP contribution in [0.4, 0.5) is 10.1 Å². The molecule has 4 heteroatoms. The molecule has 1 aromatic rings. The average molecular weight is 231 g/mol. The van der Waals surface area contributed by atoms with E-state index < -0.39 is 5.95 Å². The van der Waals surface area contributed by atoms with Gasteiger partial charge in [0, 0.05) is 25.2 Å². The minimum absolute atomic E-state index is 0.246. The highest BCUT2D eigenvalue weighted by Crippen LogP contribution is 2.28. The van der Waals surface area contributed by atoms with Gasteiger partial charge in [-0.15, -0.1) is 6.42 Å². The molecule has 3 nitrogen and oxygen atoms in total. The van der Waals surface area contributed by atoms with E-state index in [1.165, 1.54) is 0 Å². The van der Waals surface area contributed by atoms with E-state index in [4.69, 9.17) is 6.42 Å². The van der Waals surface area contributed by atoms with Gasteiger partial charge in [0.2, 0.25) is 5.95 Å². The van der Waals surface area contributed by atoms with Crippen molar-refractivity contribution in [2.24, 2.45) is 0 Å². The maximum absolute atomic E-state index is 13.2. The van der Waals surface area contributed by atoms with Crippen molar-refractivity contribution in [3.63, 3.8) is 0 Å². The Morgan fingerprint density at radius 2 is 2.47 bits per heavy atom. The van der Waals surface area contributed by atoms with Gasteiger partial charge in [-0.2, -0.15) is 4.39 Å². The normalized spacial score (nSPS) is 26.9.